The SMILES string of the molecule is Cc1ccc(-c2nnc(SCC(=O)N/N=C\c3ccccc3[N+](=O)[O-])n2C2CCCCC2)cc1. The summed E-state index contributed by atoms with van der Waals surface area (Å²) in [5, 5.41) is 24.6. The summed E-state index contributed by atoms with van der Waals surface area (Å²) in [6, 6.07) is 14.8. The molecule has 0 atom stereocenters. The molecule has 9 nitrogen and oxygen atoms in total. The Morgan fingerprint density at radius 2 is 1.91 bits per heavy atom. The second-order valence-corrected chi connectivity index (χ2v) is 9.17. The highest BCUT2D eigenvalue weighted by molar-refractivity contribution is 7.99. The molecule has 0 saturated heterocycles. The fourth-order valence-electron chi connectivity index (χ4n) is 4.04. The Morgan fingerprint density at radius 3 is 2.65 bits per heavy atom. The summed E-state index contributed by atoms with van der Waals surface area (Å²) in [5.74, 6) is 0.603. The number of nitrogens with zero attached hydrogens (tertiary/aromatic N) is 5. The smallest absolute Gasteiger partial charge is 0.278 e. The zero-order valence-electron chi connectivity index (χ0n) is 18.9. The van der Waals surface area contributed by atoms with Crippen molar-refractivity contribution in [1.82, 2.24) is 20.2 Å². The van der Waals surface area contributed by atoms with Crippen molar-refractivity contribution in [2.75, 3.05) is 5.75 Å². The van der Waals surface area contributed by atoms with Crippen molar-refractivity contribution in [3.8, 4) is 11.4 Å². The number of amides is 1. The maximum Gasteiger partial charge on any atom is 0.278 e. The lowest BCUT2D eigenvalue weighted by Gasteiger charge is -2.25. The van der Waals surface area contributed by atoms with Gasteiger partial charge in [0.05, 0.1) is 22.5 Å². The first-order chi connectivity index (χ1) is 16.5. The van der Waals surface area contributed by atoms with Crippen LogP contribution < -0.4 is 5.43 Å². The lowest BCUT2D eigenvalue weighted by Crippen LogP contribution is -2.21. The summed E-state index contributed by atoms with van der Waals surface area (Å²) in [7, 11) is 0. The van der Waals surface area contributed by atoms with Crippen molar-refractivity contribution in [2.45, 2.75) is 50.2 Å². The molecule has 0 spiro atoms. The van der Waals surface area contributed by atoms with E-state index in [2.05, 4.69) is 49.6 Å². The highest BCUT2D eigenvalue weighted by Crippen LogP contribution is 2.35. The third kappa shape index (κ3) is 5.69. The topological polar surface area (TPSA) is 115 Å². The quantitative estimate of drug-likeness (QED) is 0.213. The van der Waals surface area contributed by atoms with Gasteiger partial charge in [-0.15, -0.1) is 10.2 Å². The van der Waals surface area contributed by atoms with E-state index in [1.165, 1.54) is 48.9 Å². The number of nitrogens with one attached hydrogen (secondary N) is 1. The van der Waals surface area contributed by atoms with Gasteiger partial charge in [0.25, 0.3) is 11.6 Å². The summed E-state index contributed by atoms with van der Waals surface area (Å²) in [4.78, 5) is 23.0. The maximum absolute atomic E-state index is 12.4. The van der Waals surface area contributed by atoms with Gasteiger partial charge in [0, 0.05) is 17.7 Å². The van der Waals surface area contributed by atoms with Gasteiger partial charge in [0.2, 0.25) is 0 Å². The third-order valence-electron chi connectivity index (χ3n) is 5.77. The maximum atomic E-state index is 12.4. The standard InChI is InChI=1S/C24H26N6O3S/c1-17-11-13-18(14-12-17)23-27-28-24(29(23)20-8-3-2-4-9-20)34-16-22(31)26-25-15-19-7-5-6-10-21(19)30(32)33/h5-7,10-15,20H,2-4,8-9,16H2,1H3,(H,26,31)/b25-15-. The zero-order chi connectivity index (χ0) is 23.9. The Hall–Kier alpha value is -3.53. The van der Waals surface area contributed by atoms with Gasteiger partial charge >= 0.3 is 0 Å². The minimum atomic E-state index is -0.483. The Morgan fingerprint density at radius 1 is 1.18 bits per heavy atom. The van der Waals surface area contributed by atoms with E-state index in [4.69, 9.17) is 0 Å². The molecule has 0 radical (unpaired) electrons. The molecule has 4 rings (SSSR count). The predicted molar refractivity (Wildman–Crippen MR) is 132 cm³/mol. The number of hydrogen-bond acceptors (Lipinski definition) is 7. The number of carbonyl (C=O) groups is 1. The monoisotopic (exact) mass is 478 g/mol. The molecule has 3 aromatic rings. The van der Waals surface area contributed by atoms with Crippen LogP contribution in [0.15, 0.2) is 58.8 Å². The molecule has 1 saturated carbocycles. The number of nitro groups is 1. The number of para-hydroxylation sites is 1. The minimum absolute atomic E-state index is 0.0703. The number of rotatable bonds is 8. The van der Waals surface area contributed by atoms with Crippen LogP contribution in [0.2, 0.25) is 0 Å². The van der Waals surface area contributed by atoms with Gasteiger partial charge < -0.3 is 0 Å². The number of aromatic nitrogens is 3. The Bertz CT molecular complexity index is 1190. The summed E-state index contributed by atoms with van der Waals surface area (Å²) in [6.07, 6.45) is 6.98. The van der Waals surface area contributed by atoms with E-state index in [0.717, 1.165) is 24.2 Å². The fraction of sp³-hybridized carbons (Fsp3) is 0.333. The molecule has 0 bridgehead atoms. The van der Waals surface area contributed by atoms with Crippen molar-refractivity contribution in [2.24, 2.45) is 5.10 Å². The Balaban J connectivity index is 1.45. The number of aryl methyl sites for hydroxylation is 1. The predicted octanol–water partition coefficient (Wildman–Crippen LogP) is 4.91. The van der Waals surface area contributed by atoms with Gasteiger partial charge in [0.1, 0.15) is 0 Å². The molecule has 176 valence electrons. The van der Waals surface area contributed by atoms with Gasteiger partial charge in [0.15, 0.2) is 11.0 Å². The molecule has 34 heavy (non-hydrogen) atoms. The van der Waals surface area contributed by atoms with Crippen LogP contribution in [0.5, 0.6) is 0 Å². The molecule has 10 heteroatoms. The molecule has 1 heterocycles. The lowest BCUT2D eigenvalue weighted by molar-refractivity contribution is -0.385. The van der Waals surface area contributed by atoms with Crippen LogP contribution in [0.3, 0.4) is 0 Å². The fourth-order valence-corrected chi connectivity index (χ4v) is 4.84. The highest BCUT2D eigenvalue weighted by Gasteiger charge is 2.24. The number of benzene rings is 2. The number of hydrogen-bond donors (Lipinski definition) is 1. The molecular formula is C24H26N6O3S. The van der Waals surface area contributed by atoms with E-state index >= 15 is 0 Å². The molecule has 1 N–H and O–H groups in total. The van der Waals surface area contributed by atoms with E-state index in [1.807, 2.05) is 6.92 Å². The van der Waals surface area contributed by atoms with Crippen LogP contribution in [0.25, 0.3) is 11.4 Å². The van der Waals surface area contributed by atoms with Crippen LogP contribution in [-0.4, -0.2) is 37.6 Å². The van der Waals surface area contributed by atoms with Gasteiger partial charge in [-0.25, -0.2) is 5.43 Å². The van der Waals surface area contributed by atoms with Crippen LogP contribution in [0, 0.1) is 17.0 Å². The number of hydrazone groups is 1. The Labute approximate surface area is 201 Å². The van der Waals surface area contributed by atoms with Crippen LogP contribution >= 0.6 is 11.8 Å². The zero-order valence-corrected chi connectivity index (χ0v) is 19.7. The molecular weight excluding hydrogens is 452 g/mol. The minimum Gasteiger partial charge on any atom is -0.299 e. The van der Waals surface area contributed by atoms with Gasteiger partial charge in [-0.3, -0.25) is 19.5 Å². The van der Waals surface area contributed by atoms with Crippen molar-refractivity contribution < 1.29 is 9.72 Å². The number of carbonyl (C=O) groups excluding carboxylic acids is 1. The summed E-state index contributed by atoms with van der Waals surface area (Å²) >= 11 is 1.32. The van der Waals surface area contributed by atoms with E-state index in [9.17, 15) is 14.9 Å². The molecule has 0 unspecified atom stereocenters. The van der Waals surface area contributed by atoms with Crippen LogP contribution in [-0.2, 0) is 4.79 Å². The second-order valence-electron chi connectivity index (χ2n) is 8.23. The van der Waals surface area contributed by atoms with Crippen molar-refractivity contribution in [3.63, 3.8) is 0 Å². The molecule has 0 aliphatic heterocycles. The number of thioether (sulfide) groups is 1. The normalized spacial score (nSPS) is 14.4. The van der Waals surface area contributed by atoms with Crippen LogP contribution in [0.4, 0.5) is 5.69 Å². The lowest BCUT2D eigenvalue weighted by atomic mass is 9.95. The third-order valence-corrected chi connectivity index (χ3v) is 6.72. The van der Waals surface area contributed by atoms with E-state index in [1.54, 1.807) is 18.2 Å². The van der Waals surface area contributed by atoms with Gasteiger partial charge in [-0.2, -0.15) is 5.10 Å². The molecule has 1 aromatic heterocycles. The first-order valence-electron chi connectivity index (χ1n) is 11.2. The molecule has 1 aliphatic carbocycles. The molecule has 1 fully saturated rings. The molecule has 1 amide bonds. The Kier molecular flexibility index (Phi) is 7.69. The first kappa shape index (κ1) is 23.6. The van der Waals surface area contributed by atoms with Crippen molar-refractivity contribution in [1.29, 1.82) is 0 Å². The van der Waals surface area contributed by atoms with Gasteiger partial charge in [-0.05, 0) is 25.8 Å². The highest BCUT2D eigenvalue weighted by atomic mass is 32.2. The van der Waals surface area contributed by atoms with E-state index in [-0.39, 0.29) is 17.3 Å². The summed E-state index contributed by atoms with van der Waals surface area (Å²) in [5.41, 5.74) is 4.88. The first-order valence-corrected chi connectivity index (χ1v) is 12.2. The summed E-state index contributed by atoms with van der Waals surface area (Å²) < 4.78 is 2.18. The van der Waals surface area contributed by atoms with Crippen molar-refractivity contribution >= 4 is 29.6 Å². The number of nitro benzene ring substituents is 1. The van der Waals surface area contributed by atoms with Gasteiger partial charge in [-0.1, -0.05) is 73.0 Å². The van der Waals surface area contributed by atoms with E-state index < -0.39 is 4.92 Å². The average molecular weight is 479 g/mol. The largest absolute Gasteiger partial charge is 0.299 e. The second kappa shape index (κ2) is 11.1. The molecule has 1 aliphatic rings. The van der Waals surface area contributed by atoms with E-state index in [0.29, 0.717) is 16.8 Å². The summed E-state index contributed by atoms with van der Waals surface area (Å²) in [6.45, 7) is 2.05. The van der Waals surface area contributed by atoms with Crippen molar-refractivity contribution in [3.05, 3.63) is 69.8 Å². The van der Waals surface area contributed by atoms with Crippen LogP contribution in [0.1, 0.15) is 49.3 Å². The average Bonchev–Trinajstić information content (AvgIpc) is 3.28. The molecule has 2 aromatic carbocycles.